The zero-order valence-electron chi connectivity index (χ0n) is 8.42. The molecule has 0 radical (unpaired) electrons. The second-order valence-corrected chi connectivity index (χ2v) is 4.56. The minimum atomic E-state index is -0.277. The van der Waals surface area contributed by atoms with Crippen LogP contribution >= 0.6 is 11.6 Å². The quantitative estimate of drug-likeness (QED) is 0.510. The molecule has 1 aliphatic rings. The van der Waals surface area contributed by atoms with Gasteiger partial charge in [-0.2, -0.15) is 0 Å². The Labute approximate surface area is 85.2 Å². The van der Waals surface area contributed by atoms with Crippen molar-refractivity contribution in [3.63, 3.8) is 0 Å². The van der Waals surface area contributed by atoms with E-state index in [9.17, 15) is 4.79 Å². The van der Waals surface area contributed by atoms with Crippen molar-refractivity contribution in [1.29, 1.82) is 0 Å². The van der Waals surface area contributed by atoms with Crippen molar-refractivity contribution >= 4 is 17.0 Å². The van der Waals surface area contributed by atoms with Crippen LogP contribution in [-0.4, -0.2) is 22.9 Å². The van der Waals surface area contributed by atoms with Crippen LogP contribution in [0, 0.1) is 5.92 Å². The van der Waals surface area contributed by atoms with Gasteiger partial charge in [-0.3, -0.25) is 4.79 Å². The zero-order valence-corrected chi connectivity index (χ0v) is 9.18. The van der Waals surface area contributed by atoms with Crippen LogP contribution in [0.25, 0.3) is 0 Å². The van der Waals surface area contributed by atoms with Gasteiger partial charge in [0.05, 0.1) is 0 Å². The van der Waals surface area contributed by atoms with Crippen LogP contribution in [0.5, 0.6) is 0 Å². The van der Waals surface area contributed by atoms with Gasteiger partial charge in [0.15, 0.2) is 0 Å². The van der Waals surface area contributed by atoms with Gasteiger partial charge in [-0.15, -0.1) is 0 Å². The lowest BCUT2D eigenvalue weighted by Gasteiger charge is -2.28. The summed E-state index contributed by atoms with van der Waals surface area (Å²) in [5, 5.41) is -0.277. The number of carbonyl (C=O) groups is 1. The molecule has 1 saturated carbocycles. The van der Waals surface area contributed by atoms with Crippen molar-refractivity contribution in [2.24, 2.45) is 5.92 Å². The predicted octanol–water partition coefficient (Wildman–Crippen LogP) is 3.25. The highest BCUT2D eigenvalue weighted by atomic mass is 35.5. The van der Waals surface area contributed by atoms with Crippen LogP contribution < -0.4 is 0 Å². The average molecular weight is 204 g/mol. The lowest BCUT2D eigenvalue weighted by Crippen LogP contribution is -2.38. The molecule has 0 heterocycles. The summed E-state index contributed by atoms with van der Waals surface area (Å²) in [7, 11) is 0. The lowest BCUT2D eigenvalue weighted by molar-refractivity contribution is 0.188. The van der Waals surface area contributed by atoms with E-state index >= 15 is 0 Å². The summed E-state index contributed by atoms with van der Waals surface area (Å²) in [6.45, 7) is 5.02. The largest absolute Gasteiger partial charge is 0.326 e. The van der Waals surface area contributed by atoms with E-state index in [1.165, 1.54) is 12.8 Å². The number of halogens is 1. The van der Waals surface area contributed by atoms with Crippen LogP contribution in [0.3, 0.4) is 0 Å². The molecule has 1 aliphatic carbocycles. The molecule has 0 aliphatic heterocycles. The van der Waals surface area contributed by atoms with Gasteiger partial charge >= 0.3 is 5.37 Å². The maximum atomic E-state index is 11.2. The zero-order chi connectivity index (χ0) is 9.84. The van der Waals surface area contributed by atoms with Gasteiger partial charge in [0.1, 0.15) is 0 Å². The first-order valence-corrected chi connectivity index (χ1v) is 5.45. The van der Waals surface area contributed by atoms with Gasteiger partial charge < -0.3 is 4.90 Å². The van der Waals surface area contributed by atoms with Crippen molar-refractivity contribution in [2.45, 2.75) is 45.6 Å². The van der Waals surface area contributed by atoms with E-state index in [-0.39, 0.29) is 5.37 Å². The first kappa shape index (κ1) is 10.8. The van der Waals surface area contributed by atoms with E-state index in [1.54, 1.807) is 0 Å². The fourth-order valence-corrected chi connectivity index (χ4v) is 2.18. The van der Waals surface area contributed by atoms with Gasteiger partial charge in [-0.05, 0) is 30.4 Å². The number of nitrogens with zero attached hydrogens (tertiary/aromatic N) is 1. The number of amides is 1. The fourth-order valence-electron chi connectivity index (χ4n) is 1.97. The van der Waals surface area contributed by atoms with Crippen molar-refractivity contribution in [3.05, 3.63) is 0 Å². The van der Waals surface area contributed by atoms with Gasteiger partial charge in [-0.1, -0.05) is 26.7 Å². The van der Waals surface area contributed by atoms with Crippen LogP contribution in [0.15, 0.2) is 0 Å². The highest BCUT2D eigenvalue weighted by Gasteiger charge is 2.25. The van der Waals surface area contributed by atoms with E-state index in [0.717, 1.165) is 19.4 Å². The Kier molecular flexibility index (Phi) is 4.04. The van der Waals surface area contributed by atoms with Crippen molar-refractivity contribution < 1.29 is 4.79 Å². The first-order valence-electron chi connectivity index (χ1n) is 5.07. The molecule has 0 bridgehead atoms. The highest BCUT2D eigenvalue weighted by molar-refractivity contribution is 6.62. The molecular formula is C10H18ClNO. The third kappa shape index (κ3) is 3.18. The van der Waals surface area contributed by atoms with Crippen molar-refractivity contribution in [3.8, 4) is 0 Å². The Balaban J connectivity index is 2.50. The van der Waals surface area contributed by atoms with Gasteiger partial charge in [-0.25, -0.2) is 0 Å². The molecular weight excluding hydrogens is 186 g/mol. The monoisotopic (exact) mass is 203 g/mol. The van der Waals surface area contributed by atoms with Crippen LogP contribution in [-0.2, 0) is 0 Å². The molecule has 13 heavy (non-hydrogen) atoms. The predicted molar refractivity (Wildman–Crippen MR) is 55.0 cm³/mol. The van der Waals surface area contributed by atoms with Gasteiger partial charge in [0, 0.05) is 12.6 Å². The summed E-state index contributed by atoms with van der Waals surface area (Å²) < 4.78 is 0. The lowest BCUT2D eigenvalue weighted by atomic mass is 10.1. The normalized spacial score (nSPS) is 18.2. The van der Waals surface area contributed by atoms with E-state index in [1.807, 2.05) is 4.90 Å². The summed E-state index contributed by atoms with van der Waals surface area (Å²) in [5.74, 6) is 0.503. The smallest absolute Gasteiger partial charge is 0.316 e. The topological polar surface area (TPSA) is 20.3 Å². The van der Waals surface area contributed by atoms with Gasteiger partial charge in [0.2, 0.25) is 0 Å². The molecule has 76 valence electrons. The molecule has 0 saturated heterocycles. The Bertz CT molecular complexity index is 176. The standard InChI is InChI=1S/C10H18ClNO/c1-8(2)7-12(10(11)13)9-5-3-4-6-9/h8-9H,3-7H2,1-2H3. The molecule has 0 aromatic heterocycles. The number of carbonyl (C=O) groups excluding carboxylic acids is 1. The van der Waals surface area contributed by atoms with Crippen molar-refractivity contribution in [2.75, 3.05) is 6.54 Å². The summed E-state index contributed by atoms with van der Waals surface area (Å²) in [6.07, 6.45) is 4.74. The fraction of sp³-hybridized carbons (Fsp3) is 0.900. The second kappa shape index (κ2) is 4.85. The van der Waals surface area contributed by atoms with E-state index in [2.05, 4.69) is 13.8 Å². The first-order chi connectivity index (χ1) is 6.11. The molecule has 0 atom stereocenters. The Morgan fingerprint density at radius 3 is 2.38 bits per heavy atom. The average Bonchev–Trinajstić information content (AvgIpc) is 2.50. The minimum Gasteiger partial charge on any atom is -0.326 e. The number of rotatable bonds is 3. The molecule has 3 heteroatoms. The maximum absolute atomic E-state index is 11.2. The molecule has 1 amide bonds. The third-order valence-electron chi connectivity index (χ3n) is 2.55. The number of hydrogen-bond acceptors (Lipinski definition) is 1. The van der Waals surface area contributed by atoms with E-state index < -0.39 is 0 Å². The minimum absolute atomic E-state index is 0.277. The number of hydrogen-bond donors (Lipinski definition) is 0. The Morgan fingerprint density at radius 2 is 2.00 bits per heavy atom. The van der Waals surface area contributed by atoms with Crippen molar-refractivity contribution in [1.82, 2.24) is 4.90 Å². The molecule has 0 aromatic carbocycles. The molecule has 2 nitrogen and oxygen atoms in total. The van der Waals surface area contributed by atoms with Crippen LogP contribution in [0.1, 0.15) is 39.5 Å². The molecule has 0 spiro atoms. The van der Waals surface area contributed by atoms with E-state index in [4.69, 9.17) is 11.6 Å². The van der Waals surface area contributed by atoms with Crippen LogP contribution in [0.2, 0.25) is 0 Å². The van der Waals surface area contributed by atoms with E-state index in [0.29, 0.717) is 12.0 Å². The summed E-state index contributed by atoms with van der Waals surface area (Å²) >= 11 is 5.55. The summed E-state index contributed by atoms with van der Waals surface area (Å²) in [5.41, 5.74) is 0. The summed E-state index contributed by atoms with van der Waals surface area (Å²) in [4.78, 5) is 13.0. The maximum Gasteiger partial charge on any atom is 0.316 e. The molecule has 1 rings (SSSR count). The molecule has 1 fully saturated rings. The Hall–Kier alpha value is -0.240. The SMILES string of the molecule is CC(C)CN(C(=O)Cl)C1CCCC1. The highest BCUT2D eigenvalue weighted by Crippen LogP contribution is 2.25. The molecule has 0 aromatic rings. The van der Waals surface area contributed by atoms with Gasteiger partial charge in [0.25, 0.3) is 0 Å². The Morgan fingerprint density at radius 1 is 1.46 bits per heavy atom. The van der Waals surface area contributed by atoms with Crippen LogP contribution in [0.4, 0.5) is 4.79 Å². The molecule has 0 N–H and O–H groups in total. The third-order valence-corrected chi connectivity index (χ3v) is 2.77. The summed E-state index contributed by atoms with van der Waals surface area (Å²) in [6, 6.07) is 0.410. The second-order valence-electron chi connectivity index (χ2n) is 4.24. The molecule has 0 unspecified atom stereocenters.